The van der Waals surface area contributed by atoms with Gasteiger partial charge in [0.15, 0.2) is 11.5 Å². The van der Waals surface area contributed by atoms with E-state index < -0.39 is 4.92 Å². The van der Waals surface area contributed by atoms with Gasteiger partial charge in [-0.05, 0) is 36.2 Å². The van der Waals surface area contributed by atoms with Crippen LogP contribution in [-0.2, 0) is 6.61 Å². The third kappa shape index (κ3) is 5.45. The number of halogens is 1. The number of aryl methyl sites for hydroxylation is 1. The second-order valence-corrected chi connectivity index (χ2v) is 6.75. The van der Waals surface area contributed by atoms with Crippen molar-refractivity contribution in [1.29, 1.82) is 0 Å². The summed E-state index contributed by atoms with van der Waals surface area (Å²) in [4.78, 5) is 14.1. The van der Waals surface area contributed by atoms with E-state index >= 15 is 0 Å². The molecular weight excluding hydrogens is 408 g/mol. The molecule has 0 fully saturated rings. The number of benzene rings is 2. The predicted molar refractivity (Wildman–Crippen MR) is 116 cm³/mol. The maximum absolute atomic E-state index is 10.7. The first-order valence-corrected chi connectivity index (χ1v) is 9.29. The fourth-order valence-corrected chi connectivity index (χ4v) is 2.92. The van der Waals surface area contributed by atoms with Crippen LogP contribution < -0.4 is 14.9 Å². The monoisotopic (exact) mass is 426 g/mol. The fraction of sp³-hybridized carbons (Fsp3) is 0.143. The number of aromatic nitrogens is 1. The van der Waals surface area contributed by atoms with Gasteiger partial charge in [-0.15, -0.1) is 0 Å². The van der Waals surface area contributed by atoms with E-state index in [1.807, 2.05) is 31.2 Å². The highest BCUT2D eigenvalue weighted by Crippen LogP contribution is 2.36. The van der Waals surface area contributed by atoms with Crippen LogP contribution in [0.4, 0.5) is 11.5 Å². The van der Waals surface area contributed by atoms with Gasteiger partial charge in [0.2, 0.25) is 0 Å². The van der Waals surface area contributed by atoms with Crippen LogP contribution in [0.15, 0.2) is 59.8 Å². The van der Waals surface area contributed by atoms with E-state index in [-0.39, 0.29) is 5.69 Å². The molecule has 0 saturated carbocycles. The van der Waals surface area contributed by atoms with Gasteiger partial charge in [-0.1, -0.05) is 41.4 Å². The zero-order chi connectivity index (χ0) is 21.5. The van der Waals surface area contributed by atoms with E-state index in [1.165, 1.54) is 25.5 Å². The average Bonchev–Trinajstić information content (AvgIpc) is 2.73. The summed E-state index contributed by atoms with van der Waals surface area (Å²) in [6, 6.07) is 14.3. The Balaban J connectivity index is 1.69. The minimum absolute atomic E-state index is 0.0951. The first-order chi connectivity index (χ1) is 14.5. The molecule has 0 radical (unpaired) electrons. The van der Waals surface area contributed by atoms with Crippen molar-refractivity contribution in [2.75, 3.05) is 12.5 Å². The Morgan fingerprint density at radius 1 is 1.27 bits per heavy atom. The molecular formula is C21H19ClN4O4. The molecule has 0 aliphatic carbocycles. The molecule has 3 aromatic rings. The molecule has 154 valence electrons. The first-order valence-electron chi connectivity index (χ1n) is 8.91. The van der Waals surface area contributed by atoms with E-state index in [0.29, 0.717) is 34.5 Å². The van der Waals surface area contributed by atoms with E-state index in [0.717, 1.165) is 17.3 Å². The fourth-order valence-electron chi connectivity index (χ4n) is 2.64. The molecule has 0 spiro atoms. The molecule has 3 rings (SSSR count). The highest BCUT2D eigenvalue weighted by Gasteiger charge is 2.12. The van der Waals surface area contributed by atoms with Gasteiger partial charge in [0.25, 0.3) is 5.69 Å². The largest absolute Gasteiger partial charge is 0.493 e. The van der Waals surface area contributed by atoms with Gasteiger partial charge in [0.1, 0.15) is 18.6 Å². The van der Waals surface area contributed by atoms with Gasteiger partial charge in [-0.2, -0.15) is 5.10 Å². The molecule has 0 unspecified atom stereocenters. The number of nitrogens with zero attached hydrogens (tertiary/aromatic N) is 3. The number of pyridine rings is 1. The van der Waals surface area contributed by atoms with Gasteiger partial charge >= 0.3 is 0 Å². The molecule has 1 heterocycles. The van der Waals surface area contributed by atoms with Crippen molar-refractivity contribution in [1.82, 2.24) is 4.98 Å². The SMILES string of the molecule is COc1cc(/C=N/Nc2ccc([N+](=O)[O-])cn2)cc(Cl)c1OCc1cccc(C)c1. The summed E-state index contributed by atoms with van der Waals surface area (Å²) in [5, 5.41) is 15.1. The summed E-state index contributed by atoms with van der Waals surface area (Å²) in [5.41, 5.74) is 5.46. The molecule has 2 aromatic carbocycles. The number of anilines is 1. The quantitative estimate of drug-likeness (QED) is 0.309. The van der Waals surface area contributed by atoms with E-state index in [9.17, 15) is 10.1 Å². The number of nitro groups is 1. The second-order valence-electron chi connectivity index (χ2n) is 6.34. The van der Waals surface area contributed by atoms with Crippen LogP contribution in [-0.4, -0.2) is 23.2 Å². The lowest BCUT2D eigenvalue weighted by atomic mass is 10.1. The highest BCUT2D eigenvalue weighted by atomic mass is 35.5. The van der Waals surface area contributed by atoms with Crippen molar-refractivity contribution in [2.24, 2.45) is 5.10 Å². The molecule has 30 heavy (non-hydrogen) atoms. The Morgan fingerprint density at radius 2 is 2.10 bits per heavy atom. The summed E-state index contributed by atoms with van der Waals surface area (Å²) in [6.45, 7) is 2.38. The highest BCUT2D eigenvalue weighted by molar-refractivity contribution is 6.32. The molecule has 0 bridgehead atoms. The summed E-state index contributed by atoms with van der Waals surface area (Å²) in [5.74, 6) is 1.29. The Bertz CT molecular complexity index is 1070. The minimum Gasteiger partial charge on any atom is -0.493 e. The maximum atomic E-state index is 10.7. The van der Waals surface area contributed by atoms with E-state index in [4.69, 9.17) is 21.1 Å². The van der Waals surface area contributed by atoms with Crippen LogP contribution >= 0.6 is 11.6 Å². The molecule has 1 N–H and O–H groups in total. The van der Waals surface area contributed by atoms with Crippen molar-refractivity contribution < 1.29 is 14.4 Å². The van der Waals surface area contributed by atoms with Crippen LogP contribution in [0, 0.1) is 17.0 Å². The van der Waals surface area contributed by atoms with Crippen molar-refractivity contribution >= 4 is 29.3 Å². The summed E-state index contributed by atoms with van der Waals surface area (Å²) in [6.07, 6.45) is 2.68. The number of methoxy groups -OCH3 is 1. The van der Waals surface area contributed by atoms with Crippen molar-refractivity contribution in [3.63, 3.8) is 0 Å². The van der Waals surface area contributed by atoms with Crippen LogP contribution in [0.1, 0.15) is 16.7 Å². The number of nitrogens with one attached hydrogen (secondary N) is 1. The van der Waals surface area contributed by atoms with Gasteiger partial charge in [-0.25, -0.2) is 4.98 Å². The molecule has 1 aromatic heterocycles. The van der Waals surface area contributed by atoms with Crippen molar-refractivity contribution in [3.05, 3.63) is 86.6 Å². The zero-order valence-electron chi connectivity index (χ0n) is 16.3. The van der Waals surface area contributed by atoms with Gasteiger partial charge < -0.3 is 9.47 Å². The smallest absolute Gasteiger partial charge is 0.287 e. The van der Waals surface area contributed by atoms with Crippen LogP contribution in [0.3, 0.4) is 0 Å². The molecule has 0 atom stereocenters. The number of hydrogen-bond acceptors (Lipinski definition) is 7. The van der Waals surface area contributed by atoms with Crippen LogP contribution in [0.5, 0.6) is 11.5 Å². The summed E-state index contributed by atoms with van der Waals surface area (Å²) in [7, 11) is 1.53. The third-order valence-electron chi connectivity index (χ3n) is 4.07. The van der Waals surface area contributed by atoms with Crippen molar-refractivity contribution in [3.8, 4) is 11.5 Å². The van der Waals surface area contributed by atoms with Gasteiger partial charge in [-0.3, -0.25) is 15.5 Å². The number of rotatable bonds is 8. The van der Waals surface area contributed by atoms with Crippen LogP contribution in [0.25, 0.3) is 0 Å². The Morgan fingerprint density at radius 3 is 2.77 bits per heavy atom. The molecule has 0 saturated heterocycles. The normalized spacial score (nSPS) is 10.8. The standard InChI is InChI=1S/C21H19ClN4O4/c1-14-4-3-5-15(8-14)13-30-21-18(22)9-16(10-19(21)29-2)11-24-25-20-7-6-17(12-23-20)26(27)28/h3-12H,13H2,1-2H3,(H,23,25)/b24-11+. The second kappa shape index (κ2) is 9.71. The molecule has 9 heteroatoms. The van der Waals surface area contributed by atoms with Crippen molar-refractivity contribution in [2.45, 2.75) is 13.5 Å². The number of hydrogen-bond donors (Lipinski definition) is 1. The third-order valence-corrected chi connectivity index (χ3v) is 4.35. The Kier molecular flexibility index (Phi) is 6.82. The van der Waals surface area contributed by atoms with Crippen LogP contribution in [0.2, 0.25) is 5.02 Å². The lowest BCUT2D eigenvalue weighted by Gasteiger charge is -2.13. The zero-order valence-corrected chi connectivity index (χ0v) is 17.1. The van der Waals surface area contributed by atoms with Gasteiger partial charge in [0, 0.05) is 6.07 Å². The Labute approximate surface area is 178 Å². The van der Waals surface area contributed by atoms with E-state index in [2.05, 4.69) is 15.5 Å². The summed E-state index contributed by atoms with van der Waals surface area (Å²) < 4.78 is 11.3. The lowest BCUT2D eigenvalue weighted by Crippen LogP contribution is -2.00. The topological polar surface area (TPSA) is 98.9 Å². The lowest BCUT2D eigenvalue weighted by molar-refractivity contribution is -0.385. The Hall–Kier alpha value is -3.65. The average molecular weight is 427 g/mol. The molecule has 0 aliphatic rings. The van der Waals surface area contributed by atoms with E-state index in [1.54, 1.807) is 12.1 Å². The predicted octanol–water partition coefficient (Wildman–Crippen LogP) is 4.99. The first kappa shape index (κ1) is 21.1. The molecule has 0 amide bonds. The number of ether oxygens (including phenoxy) is 2. The number of hydrazone groups is 1. The minimum atomic E-state index is -0.517. The molecule has 0 aliphatic heterocycles. The molecule has 8 nitrogen and oxygen atoms in total. The van der Waals surface area contributed by atoms with Gasteiger partial charge in [0.05, 0.1) is 23.3 Å². The summed E-state index contributed by atoms with van der Waals surface area (Å²) >= 11 is 6.39. The maximum Gasteiger partial charge on any atom is 0.287 e.